The summed E-state index contributed by atoms with van der Waals surface area (Å²) in [5.74, 6) is -0.556. The van der Waals surface area contributed by atoms with Gasteiger partial charge in [-0.1, -0.05) is 29.8 Å². The van der Waals surface area contributed by atoms with E-state index in [2.05, 4.69) is 4.98 Å². The van der Waals surface area contributed by atoms with E-state index in [4.69, 9.17) is 16.3 Å². The Morgan fingerprint density at radius 1 is 1.24 bits per heavy atom. The molecule has 0 amide bonds. The molecule has 0 atom stereocenters. The molecule has 0 bridgehead atoms. The van der Waals surface area contributed by atoms with E-state index >= 15 is 0 Å². The second-order valence-electron chi connectivity index (χ2n) is 4.36. The predicted octanol–water partition coefficient (Wildman–Crippen LogP) is 3.26. The molecule has 0 aliphatic rings. The van der Waals surface area contributed by atoms with E-state index < -0.39 is 5.97 Å². The molecular weight excluding hydrogens is 292 g/mol. The summed E-state index contributed by atoms with van der Waals surface area (Å²) in [6.45, 7) is 0.0348. The van der Waals surface area contributed by atoms with Crippen molar-refractivity contribution >= 4 is 23.2 Å². The number of hydrogen-bond donors (Lipinski definition) is 1. The van der Waals surface area contributed by atoms with E-state index in [0.29, 0.717) is 22.1 Å². The number of aromatic nitrogens is 2. The van der Waals surface area contributed by atoms with Crippen LogP contribution in [0.1, 0.15) is 16.2 Å². The number of rotatable bonds is 4. The van der Waals surface area contributed by atoms with Gasteiger partial charge in [-0.15, -0.1) is 0 Å². The number of halogens is 1. The van der Waals surface area contributed by atoms with Gasteiger partial charge in [-0.05, 0) is 24.3 Å². The lowest BCUT2D eigenvalue weighted by atomic mass is 10.3. The second-order valence-corrected chi connectivity index (χ2v) is 4.77. The molecule has 0 aliphatic carbocycles. The highest BCUT2D eigenvalue weighted by molar-refractivity contribution is 6.32. The van der Waals surface area contributed by atoms with E-state index in [1.165, 1.54) is 4.40 Å². The van der Waals surface area contributed by atoms with Crippen LogP contribution in [0.4, 0.5) is 0 Å². The second kappa shape index (κ2) is 5.46. The van der Waals surface area contributed by atoms with Gasteiger partial charge < -0.3 is 9.84 Å². The van der Waals surface area contributed by atoms with Gasteiger partial charge in [0, 0.05) is 6.20 Å². The zero-order chi connectivity index (χ0) is 14.8. The average Bonchev–Trinajstić information content (AvgIpc) is 2.85. The zero-order valence-corrected chi connectivity index (χ0v) is 11.6. The Kier molecular flexibility index (Phi) is 3.50. The molecule has 21 heavy (non-hydrogen) atoms. The minimum atomic E-state index is -1.05. The normalized spacial score (nSPS) is 10.7. The van der Waals surface area contributed by atoms with Crippen molar-refractivity contribution in [2.75, 3.05) is 0 Å². The maximum atomic E-state index is 11.4. The molecule has 0 saturated heterocycles. The molecule has 0 spiro atoms. The molecule has 6 heteroatoms. The SMILES string of the molecule is O=C(O)c1c(COc2ccccc2Cl)nc2ccccn12. The topological polar surface area (TPSA) is 63.8 Å². The summed E-state index contributed by atoms with van der Waals surface area (Å²) in [6, 6.07) is 12.3. The summed E-state index contributed by atoms with van der Waals surface area (Å²) in [5, 5.41) is 9.83. The van der Waals surface area contributed by atoms with E-state index in [1.54, 1.807) is 48.7 Å². The Morgan fingerprint density at radius 2 is 2.00 bits per heavy atom. The first kappa shape index (κ1) is 13.5. The number of benzene rings is 1. The van der Waals surface area contributed by atoms with Gasteiger partial charge in [0.2, 0.25) is 0 Å². The summed E-state index contributed by atoms with van der Waals surface area (Å²) in [5.41, 5.74) is 1.01. The molecular formula is C15H11ClN2O3. The van der Waals surface area contributed by atoms with Gasteiger partial charge in [-0.25, -0.2) is 9.78 Å². The van der Waals surface area contributed by atoms with Crippen LogP contribution in [-0.2, 0) is 6.61 Å². The van der Waals surface area contributed by atoms with Gasteiger partial charge >= 0.3 is 5.97 Å². The number of hydrogen-bond acceptors (Lipinski definition) is 3. The van der Waals surface area contributed by atoms with Crippen LogP contribution in [0.15, 0.2) is 48.7 Å². The third-order valence-electron chi connectivity index (χ3n) is 3.01. The highest BCUT2D eigenvalue weighted by atomic mass is 35.5. The van der Waals surface area contributed by atoms with Crippen LogP contribution in [0, 0.1) is 0 Å². The van der Waals surface area contributed by atoms with Gasteiger partial charge in [0.25, 0.3) is 0 Å². The minimum absolute atomic E-state index is 0.0348. The third kappa shape index (κ3) is 2.55. The standard InChI is InChI=1S/C15H11ClN2O3/c16-10-5-1-2-6-12(10)21-9-11-14(15(19)20)18-8-4-3-7-13(18)17-11/h1-8H,9H2,(H,19,20). The zero-order valence-electron chi connectivity index (χ0n) is 10.9. The molecule has 106 valence electrons. The van der Waals surface area contributed by atoms with Crippen LogP contribution in [0.25, 0.3) is 5.65 Å². The number of para-hydroxylation sites is 1. The number of imidazole rings is 1. The highest BCUT2D eigenvalue weighted by Gasteiger charge is 2.18. The van der Waals surface area contributed by atoms with Crippen LogP contribution in [0.2, 0.25) is 5.02 Å². The molecule has 3 rings (SSSR count). The maximum absolute atomic E-state index is 11.4. The third-order valence-corrected chi connectivity index (χ3v) is 3.32. The number of carboxylic acids is 1. The van der Waals surface area contributed by atoms with Crippen LogP contribution in [-0.4, -0.2) is 20.5 Å². The van der Waals surface area contributed by atoms with Crippen LogP contribution < -0.4 is 4.74 Å². The number of aromatic carboxylic acids is 1. The van der Waals surface area contributed by atoms with Crippen molar-refractivity contribution in [2.24, 2.45) is 0 Å². The lowest BCUT2D eigenvalue weighted by molar-refractivity contribution is 0.0686. The van der Waals surface area contributed by atoms with Crippen molar-refractivity contribution < 1.29 is 14.6 Å². The van der Waals surface area contributed by atoms with Crippen molar-refractivity contribution in [2.45, 2.75) is 6.61 Å². The first-order chi connectivity index (χ1) is 10.2. The van der Waals surface area contributed by atoms with Crippen molar-refractivity contribution in [3.63, 3.8) is 0 Å². The molecule has 0 aliphatic heterocycles. The smallest absolute Gasteiger partial charge is 0.354 e. The Morgan fingerprint density at radius 3 is 2.76 bits per heavy atom. The first-order valence-electron chi connectivity index (χ1n) is 6.23. The predicted molar refractivity (Wildman–Crippen MR) is 77.9 cm³/mol. The quantitative estimate of drug-likeness (QED) is 0.803. The Balaban J connectivity index is 1.95. The molecule has 2 heterocycles. The Hall–Kier alpha value is -2.53. The summed E-state index contributed by atoms with van der Waals surface area (Å²) >= 11 is 6.00. The average molecular weight is 303 g/mol. The largest absolute Gasteiger partial charge is 0.486 e. The lowest BCUT2D eigenvalue weighted by Crippen LogP contribution is -2.07. The first-order valence-corrected chi connectivity index (χ1v) is 6.61. The van der Waals surface area contributed by atoms with Gasteiger partial charge in [0.1, 0.15) is 23.7 Å². The monoisotopic (exact) mass is 302 g/mol. The molecule has 5 nitrogen and oxygen atoms in total. The van der Waals surface area contributed by atoms with Gasteiger partial charge in [0.15, 0.2) is 5.69 Å². The number of carboxylic acid groups (broad SMARTS) is 1. The molecule has 1 aromatic carbocycles. The fourth-order valence-corrected chi connectivity index (χ4v) is 2.27. The van der Waals surface area contributed by atoms with E-state index in [-0.39, 0.29) is 12.3 Å². The van der Waals surface area contributed by atoms with Gasteiger partial charge in [-0.3, -0.25) is 4.40 Å². The van der Waals surface area contributed by atoms with Crippen LogP contribution in [0.5, 0.6) is 5.75 Å². The summed E-state index contributed by atoms with van der Waals surface area (Å²) in [7, 11) is 0. The lowest BCUT2D eigenvalue weighted by Gasteiger charge is -2.06. The van der Waals surface area contributed by atoms with E-state index in [1.807, 2.05) is 0 Å². The van der Waals surface area contributed by atoms with Crippen molar-refractivity contribution in [1.82, 2.24) is 9.38 Å². The summed E-state index contributed by atoms with van der Waals surface area (Å²) in [4.78, 5) is 15.7. The van der Waals surface area contributed by atoms with Crippen LogP contribution >= 0.6 is 11.6 Å². The van der Waals surface area contributed by atoms with Crippen molar-refractivity contribution in [3.8, 4) is 5.75 Å². The molecule has 0 radical (unpaired) electrons. The van der Waals surface area contributed by atoms with Gasteiger partial charge in [-0.2, -0.15) is 0 Å². The molecule has 0 saturated carbocycles. The number of nitrogens with zero attached hydrogens (tertiary/aromatic N) is 2. The highest BCUT2D eigenvalue weighted by Crippen LogP contribution is 2.24. The minimum Gasteiger partial charge on any atom is -0.486 e. The molecule has 0 unspecified atom stereocenters. The number of ether oxygens (including phenoxy) is 1. The summed E-state index contributed by atoms with van der Waals surface area (Å²) < 4.78 is 7.09. The van der Waals surface area contributed by atoms with Crippen molar-refractivity contribution in [3.05, 3.63) is 65.1 Å². The molecule has 1 N–H and O–H groups in total. The number of carbonyl (C=O) groups is 1. The Labute approximate surface area is 125 Å². The van der Waals surface area contributed by atoms with E-state index in [9.17, 15) is 9.90 Å². The molecule has 2 aromatic heterocycles. The Bertz CT molecular complexity index is 814. The van der Waals surface area contributed by atoms with E-state index in [0.717, 1.165) is 0 Å². The molecule has 3 aromatic rings. The number of pyridine rings is 1. The van der Waals surface area contributed by atoms with Gasteiger partial charge in [0.05, 0.1) is 5.02 Å². The van der Waals surface area contributed by atoms with Crippen LogP contribution in [0.3, 0.4) is 0 Å². The molecule has 0 fully saturated rings. The van der Waals surface area contributed by atoms with Crippen molar-refractivity contribution in [1.29, 1.82) is 0 Å². The fourth-order valence-electron chi connectivity index (χ4n) is 2.08. The maximum Gasteiger partial charge on any atom is 0.354 e. The number of fused-ring (bicyclic) bond motifs is 1. The fraction of sp³-hybridized carbons (Fsp3) is 0.0667. The summed E-state index contributed by atoms with van der Waals surface area (Å²) in [6.07, 6.45) is 1.66.